The van der Waals surface area contributed by atoms with Crippen LogP contribution in [0, 0.1) is 0 Å². The number of aromatic nitrogens is 3. The Morgan fingerprint density at radius 3 is 1.13 bits per heavy atom. The Morgan fingerprint density at radius 2 is 0.724 bits per heavy atom. The highest BCUT2D eigenvalue weighted by molar-refractivity contribution is 5.73. The molecule has 0 radical (unpaired) electrons. The Labute approximate surface area is 593 Å². The molecule has 47 heteroatoms. The van der Waals surface area contributed by atoms with Crippen molar-refractivity contribution in [1.82, 2.24) is 19.9 Å². The lowest BCUT2D eigenvalue weighted by Gasteiger charge is -2.50. The number of amides is 1. The number of hydrogen-bond acceptors (Lipinski definition) is 45. The van der Waals surface area contributed by atoms with Crippen LogP contribution in [0.5, 0.6) is 0 Å². The van der Waals surface area contributed by atoms with E-state index < -0.39 is 323 Å². The SMILES string of the molecule is CCn1cc(CN(C(C)=O)[C@H]2O[C@H](CO)[C@@H](O[C@@H]3OC(CO[C@@H]4OC[C@H](O)[C@H](O)C4OC4OC(CO)[C@H](O)[C@H](O)[C@H]4O)[C@H](O[C@H]4O[C@H](CO[C@@H]5OC[C@H](O)C(O)C5O[C@@H]5OC(CO)[C@H](O)[C@H](O)C5O)[C@@H](O[C@@H]5OC(CO[C@@H]6OC[C@H](O)[C@H](O)C6O)[C@H](O)[C@H](O)C5O)C(O)C4O)[C@H](O)C3O)C(O)C2O)nn1. The van der Waals surface area contributed by atoms with Crippen LogP contribution in [0.2, 0.25) is 0 Å². The lowest BCUT2D eigenvalue weighted by molar-refractivity contribution is -0.396. The van der Waals surface area contributed by atoms with E-state index in [1.807, 2.05) is 0 Å². The van der Waals surface area contributed by atoms with Crippen molar-refractivity contribution in [1.29, 1.82) is 0 Å². The fourth-order valence-electron chi connectivity index (χ4n) is 13.2. The number of carbonyl (C=O) groups is 1. The monoisotopic (exact) mass is 1540 g/mol. The average molecular weight is 1540 g/mol. The van der Waals surface area contributed by atoms with Crippen molar-refractivity contribution in [3.63, 3.8) is 0 Å². The molecule has 105 heavy (non-hydrogen) atoms. The van der Waals surface area contributed by atoms with Crippen molar-refractivity contribution in [2.75, 3.05) is 59.5 Å². The predicted octanol–water partition coefficient (Wildman–Crippen LogP) is -18.0. The molecular formula is C58H96N4O43. The van der Waals surface area contributed by atoms with E-state index in [-0.39, 0.29) is 12.2 Å². The molecule has 0 aliphatic carbocycles. The quantitative estimate of drug-likeness (QED) is 0.0409. The summed E-state index contributed by atoms with van der Waals surface area (Å²) in [4.78, 5) is 14.1. The first-order valence-electron chi connectivity index (χ1n) is 33.7. The highest BCUT2D eigenvalue weighted by Crippen LogP contribution is 2.38. The van der Waals surface area contributed by atoms with Crippen molar-refractivity contribution in [3.8, 4) is 0 Å². The van der Waals surface area contributed by atoms with Gasteiger partial charge in [0.25, 0.3) is 0 Å². The third-order valence-electron chi connectivity index (χ3n) is 19.5. The molecule has 1 amide bonds. The van der Waals surface area contributed by atoms with Gasteiger partial charge in [-0.2, -0.15) is 0 Å². The van der Waals surface area contributed by atoms with Crippen molar-refractivity contribution in [2.45, 2.75) is 285 Å². The summed E-state index contributed by atoms with van der Waals surface area (Å²) in [5, 5.41) is 283. The summed E-state index contributed by atoms with van der Waals surface area (Å²) in [5.41, 5.74) is 0.212. The minimum absolute atomic E-state index is 0.212. The maximum Gasteiger partial charge on any atom is 0.221 e. The number of aliphatic hydroxyl groups is 25. The summed E-state index contributed by atoms with van der Waals surface area (Å²) in [7, 11) is 0. The molecule has 0 bridgehead atoms. The summed E-state index contributed by atoms with van der Waals surface area (Å²) >= 11 is 0. The third-order valence-corrected chi connectivity index (χ3v) is 19.5. The van der Waals surface area contributed by atoms with Crippen LogP contribution in [0.4, 0.5) is 0 Å². The van der Waals surface area contributed by atoms with E-state index in [0.29, 0.717) is 6.54 Å². The fourth-order valence-corrected chi connectivity index (χ4v) is 13.2. The molecule has 9 fully saturated rings. The zero-order valence-corrected chi connectivity index (χ0v) is 55.9. The topological polar surface area (TPSA) is 714 Å². The molecule has 42 atom stereocenters. The largest absolute Gasteiger partial charge is 0.394 e. The first kappa shape index (κ1) is 84.4. The zero-order valence-electron chi connectivity index (χ0n) is 55.9. The van der Waals surface area contributed by atoms with Crippen LogP contribution in [-0.2, 0) is 98.4 Å². The van der Waals surface area contributed by atoms with Crippen molar-refractivity contribution in [3.05, 3.63) is 11.9 Å². The standard InChI is InChI=1S/C58H96N4O43/c1-3-61-4-16(59-60-61)5-62(15(2)66)50-38(82)35(79)45(22(8-65)95-50)101-55-43(87)36(80)47(25(99-55)14-94-58-49(28(72)19(69)11-91-58)105-53-41(85)33(77)30(74)21(7-64)97-53)103-56-44(88)37(81)46(102-54-42(86)34(78)31(75)23(98-54)12-92-51-39(83)26(70)17(67)9-89-51)24(100-56)13-93-57-48(27(71)18(68)10-90-57)104-52-40(84)32(76)29(73)20(6-63)96-52/h4,17-58,63-65,67-88H,3,5-14H2,1-2H3/t17-,18-,19-,20?,21?,22+,23?,24+,25?,26-,27?,28-,29-,30-,31-,32-,33-,34-,35?,36+,37?,38?,39?,40?,41+,42?,43?,44?,45+,46+,47-,48?,49?,50-,51-,52-,53?,54-,55-,56+,57-,58-/m0/s1. The van der Waals surface area contributed by atoms with E-state index in [1.54, 1.807) is 6.92 Å². The molecule has 10 heterocycles. The second-order valence-electron chi connectivity index (χ2n) is 26.7. The Hall–Kier alpha value is -3.07. The van der Waals surface area contributed by atoms with Crippen molar-refractivity contribution < 1.29 is 213 Å². The number of hydrogen-bond donors (Lipinski definition) is 25. The maximum atomic E-state index is 13.1. The molecule has 10 rings (SSSR count). The van der Waals surface area contributed by atoms with Gasteiger partial charge in [-0.05, 0) is 6.92 Å². The molecule has 0 spiro atoms. The highest BCUT2D eigenvalue weighted by atomic mass is 16.8. The number of nitrogens with zero attached hydrogens (tertiary/aromatic N) is 4. The van der Waals surface area contributed by atoms with Gasteiger partial charge < -0.3 is 213 Å². The smallest absolute Gasteiger partial charge is 0.221 e. The number of rotatable bonds is 26. The van der Waals surface area contributed by atoms with Crippen molar-refractivity contribution in [2.24, 2.45) is 0 Å². The van der Waals surface area contributed by atoms with Gasteiger partial charge in [0.2, 0.25) is 5.91 Å². The molecule has 0 saturated carbocycles. The number of ether oxygens (including phenoxy) is 17. The third kappa shape index (κ3) is 18.4. The Bertz CT molecular complexity index is 2830. The molecule has 9 saturated heterocycles. The first-order chi connectivity index (χ1) is 49.8. The molecule has 606 valence electrons. The van der Waals surface area contributed by atoms with Gasteiger partial charge in [0.05, 0.1) is 72.2 Å². The van der Waals surface area contributed by atoms with Crippen LogP contribution >= 0.6 is 0 Å². The van der Waals surface area contributed by atoms with Crippen LogP contribution in [-0.4, -0.2) is 471 Å². The van der Waals surface area contributed by atoms with Gasteiger partial charge >= 0.3 is 0 Å². The van der Waals surface area contributed by atoms with Gasteiger partial charge in [0.15, 0.2) is 56.5 Å². The Kier molecular flexibility index (Phi) is 29.4. The molecule has 16 unspecified atom stereocenters. The van der Waals surface area contributed by atoms with Crippen LogP contribution in [0.15, 0.2) is 6.20 Å². The summed E-state index contributed by atoms with van der Waals surface area (Å²) in [6.45, 7) is -5.08. The van der Waals surface area contributed by atoms with Gasteiger partial charge in [0, 0.05) is 13.5 Å². The predicted molar refractivity (Wildman–Crippen MR) is 319 cm³/mol. The summed E-state index contributed by atoms with van der Waals surface area (Å²) in [5.74, 6) is -0.720. The number of carbonyl (C=O) groups excluding carboxylic acids is 1. The second kappa shape index (κ2) is 36.6. The van der Waals surface area contributed by atoms with E-state index in [1.165, 1.54) is 10.9 Å². The lowest BCUT2D eigenvalue weighted by atomic mass is 9.95. The van der Waals surface area contributed by atoms with Crippen LogP contribution < -0.4 is 0 Å². The van der Waals surface area contributed by atoms with E-state index in [4.69, 9.17) is 80.5 Å². The van der Waals surface area contributed by atoms with Crippen LogP contribution in [0.25, 0.3) is 0 Å². The molecule has 9 aliphatic heterocycles. The van der Waals surface area contributed by atoms with Gasteiger partial charge in [-0.1, -0.05) is 5.21 Å². The van der Waals surface area contributed by atoms with Gasteiger partial charge in [-0.15, -0.1) is 5.10 Å². The van der Waals surface area contributed by atoms with E-state index >= 15 is 0 Å². The molecule has 1 aromatic rings. The minimum atomic E-state index is -2.50. The van der Waals surface area contributed by atoms with Crippen molar-refractivity contribution >= 4 is 5.91 Å². The normalized spacial score (nSPS) is 49.5. The fraction of sp³-hybridized carbons (Fsp3) is 0.948. The van der Waals surface area contributed by atoms with E-state index in [2.05, 4.69) is 10.3 Å². The van der Waals surface area contributed by atoms with Gasteiger partial charge in [-0.25, -0.2) is 0 Å². The Morgan fingerprint density at radius 1 is 0.390 bits per heavy atom. The zero-order chi connectivity index (χ0) is 76.5. The van der Waals surface area contributed by atoms with E-state index in [0.717, 1.165) is 11.8 Å². The molecular weight excluding hydrogens is 1440 g/mol. The summed E-state index contributed by atoms with van der Waals surface area (Å²) in [6, 6.07) is 0. The van der Waals surface area contributed by atoms with E-state index in [9.17, 15) is 132 Å². The Balaban J connectivity index is 0.945. The highest BCUT2D eigenvalue weighted by Gasteiger charge is 2.59. The molecule has 47 nitrogen and oxygen atoms in total. The number of aliphatic hydroxyl groups excluding tert-OH is 25. The second-order valence-corrected chi connectivity index (χ2v) is 26.7. The van der Waals surface area contributed by atoms with Crippen LogP contribution in [0.1, 0.15) is 19.5 Å². The van der Waals surface area contributed by atoms with Gasteiger partial charge in [0.1, 0.15) is 207 Å². The average Bonchev–Trinajstić information content (AvgIpc) is 1.10. The molecule has 1 aromatic heterocycles. The number of aryl methyl sites for hydroxylation is 1. The summed E-state index contributed by atoms with van der Waals surface area (Å²) in [6.07, 6.45) is -83.6. The van der Waals surface area contributed by atoms with Crippen LogP contribution in [0.3, 0.4) is 0 Å². The van der Waals surface area contributed by atoms with Gasteiger partial charge in [-0.3, -0.25) is 9.48 Å². The molecule has 9 aliphatic rings. The maximum absolute atomic E-state index is 13.1. The molecule has 25 N–H and O–H groups in total. The first-order valence-corrected chi connectivity index (χ1v) is 33.7. The summed E-state index contributed by atoms with van der Waals surface area (Å²) < 4.78 is 100. The molecule has 0 aromatic carbocycles. The minimum Gasteiger partial charge on any atom is -0.394 e. The lowest BCUT2D eigenvalue weighted by Crippen LogP contribution is -2.68.